The van der Waals surface area contributed by atoms with E-state index in [1.165, 1.54) is 0 Å². The number of aromatic carboxylic acids is 1. The van der Waals surface area contributed by atoms with E-state index in [1.807, 2.05) is 13.8 Å². The second-order valence-electron chi connectivity index (χ2n) is 4.47. The fraction of sp³-hybridized carbons (Fsp3) is 0.462. The second-order valence-corrected chi connectivity index (χ2v) is 6.15. The van der Waals surface area contributed by atoms with Gasteiger partial charge in [-0.05, 0) is 31.0 Å². The van der Waals surface area contributed by atoms with Gasteiger partial charge in [0.05, 0.1) is 5.56 Å². The van der Waals surface area contributed by atoms with Crippen LogP contribution in [0.3, 0.4) is 0 Å². The molecular weight excluding hydrogens is 285 g/mol. The van der Waals surface area contributed by atoms with Crippen LogP contribution in [0.1, 0.15) is 43.5 Å². The van der Waals surface area contributed by atoms with Crippen LogP contribution in [0.25, 0.3) is 0 Å². The van der Waals surface area contributed by atoms with E-state index in [9.17, 15) is 17.6 Å². The number of nitrogens with one attached hydrogen (secondary N) is 1. The number of carboxylic acids is 1. The zero-order chi connectivity index (χ0) is 15.3. The van der Waals surface area contributed by atoms with Crippen molar-refractivity contribution >= 4 is 16.0 Å². The van der Waals surface area contributed by atoms with Gasteiger partial charge in [-0.3, -0.25) is 0 Å². The van der Waals surface area contributed by atoms with Gasteiger partial charge in [-0.15, -0.1) is 0 Å². The Balaban J connectivity index is 3.14. The standard InChI is InChI=1S/C13H18FNO4S/c1-3-5-10(4-2)15-20(18,19)12-8-9(13(16)17)6-7-11(12)14/h6-8,10,15H,3-5H2,1-2H3,(H,16,17). The fourth-order valence-corrected chi connectivity index (χ4v) is 3.28. The molecule has 0 spiro atoms. The van der Waals surface area contributed by atoms with Gasteiger partial charge in [0, 0.05) is 6.04 Å². The first-order valence-electron chi connectivity index (χ1n) is 6.37. The maximum atomic E-state index is 13.7. The zero-order valence-electron chi connectivity index (χ0n) is 11.4. The molecule has 1 unspecified atom stereocenters. The zero-order valence-corrected chi connectivity index (χ0v) is 12.2. The monoisotopic (exact) mass is 303 g/mol. The van der Waals surface area contributed by atoms with Crippen molar-refractivity contribution in [1.29, 1.82) is 0 Å². The van der Waals surface area contributed by atoms with Gasteiger partial charge in [-0.25, -0.2) is 22.3 Å². The molecule has 0 radical (unpaired) electrons. The van der Waals surface area contributed by atoms with E-state index >= 15 is 0 Å². The summed E-state index contributed by atoms with van der Waals surface area (Å²) in [5.41, 5.74) is -0.268. The van der Waals surface area contributed by atoms with Gasteiger partial charge in [0.25, 0.3) is 0 Å². The van der Waals surface area contributed by atoms with Crippen LogP contribution >= 0.6 is 0 Å². The summed E-state index contributed by atoms with van der Waals surface area (Å²) >= 11 is 0. The first-order chi connectivity index (χ1) is 9.31. The molecule has 0 aliphatic heterocycles. The smallest absolute Gasteiger partial charge is 0.335 e. The molecule has 0 amide bonds. The van der Waals surface area contributed by atoms with E-state index in [-0.39, 0.29) is 11.6 Å². The molecule has 7 heteroatoms. The van der Waals surface area contributed by atoms with E-state index in [0.717, 1.165) is 24.6 Å². The van der Waals surface area contributed by atoms with E-state index in [1.54, 1.807) is 0 Å². The highest BCUT2D eigenvalue weighted by Crippen LogP contribution is 2.18. The number of hydrogen-bond acceptors (Lipinski definition) is 3. The average Bonchev–Trinajstić information content (AvgIpc) is 2.37. The van der Waals surface area contributed by atoms with Crippen molar-refractivity contribution in [2.45, 2.75) is 44.0 Å². The minimum atomic E-state index is -4.07. The molecule has 0 heterocycles. The van der Waals surface area contributed by atoms with Crippen molar-refractivity contribution < 1.29 is 22.7 Å². The van der Waals surface area contributed by atoms with Gasteiger partial charge in [0.1, 0.15) is 10.7 Å². The summed E-state index contributed by atoms with van der Waals surface area (Å²) in [6.07, 6.45) is 2.00. The van der Waals surface area contributed by atoms with Crippen molar-refractivity contribution in [2.75, 3.05) is 0 Å². The summed E-state index contributed by atoms with van der Waals surface area (Å²) in [5.74, 6) is -2.27. The van der Waals surface area contributed by atoms with E-state index in [4.69, 9.17) is 5.11 Å². The Morgan fingerprint density at radius 3 is 2.55 bits per heavy atom. The first kappa shape index (κ1) is 16.6. The van der Waals surface area contributed by atoms with Crippen LogP contribution < -0.4 is 4.72 Å². The van der Waals surface area contributed by atoms with Gasteiger partial charge in [0.15, 0.2) is 0 Å². The van der Waals surface area contributed by atoms with E-state index < -0.39 is 26.7 Å². The lowest BCUT2D eigenvalue weighted by molar-refractivity contribution is 0.0696. The molecule has 1 rings (SSSR count). The molecule has 1 aromatic carbocycles. The van der Waals surface area contributed by atoms with Gasteiger partial charge >= 0.3 is 5.97 Å². The van der Waals surface area contributed by atoms with Crippen LogP contribution in [0.15, 0.2) is 23.1 Å². The Morgan fingerprint density at radius 1 is 1.40 bits per heavy atom. The fourth-order valence-electron chi connectivity index (χ4n) is 1.82. The van der Waals surface area contributed by atoms with Crippen molar-refractivity contribution in [3.8, 4) is 0 Å². The average molecular weight is 303 g/mol. The molecule has 0 aliphatic rings. The normalized spacial score (nSPS) is 13.2. The van der Waals surface area contributed by atoms with Crippen molar-refractivity contribution in [3.63, 3.8) is 0 Å². The topological polar surface area (TPSA) is 83.5 Å². The molecule has 1 aromatic rings. The van der Waals surface area contributed by atoms with Crippen LogP contribution in [0.4, 0.5) is 4.39 Å². The Bertz CT molecular complexity index is 586. The lowest BCUT2D eigenvalue weighted by Gasteiger charge is -2.16. The van der Waals surface area contributed by atoms with Crippen molar-refractivity contribution in [1.82, 2.24) is 4.72 Å². The summed E-state index contributed by atoms with van der Waals surface area (Å²) in [6, 6.07) is 2.41. The van der Waals surface area contributed by atoms with E-state index in [0.29, 0.717) is 12.8 Å². The predicted molar refractivity (Wildman–Crippen MR) is 72.7 cm³/mol. The third-order valence-electron chi connectivity index (χ3n) is 2.92. The molecule has 0 fully saturated rings. The van der Waals surface area contributed by atoms with Crippen LogP contribution in [-0.4, -0.2) is 25.5 Å². The SMILES string of the molecule is CCCC(CC)NS(=O)(=O)c1cc(C(=O)O)ccc1F. The first-order valence-corrected chi connectivity index (χ1v) is 7.85. The number of carboxylic acid groups (broad SMARTS) is 1. The molecular formula is C13H18FNO4S. The highest BCUT2D eigenvalue weighted by atomic mass is 32.2. The Hall–Kier alpha value is -1.47. The van der Waals surface area contributed by atoms with Gasteiger partial charge in [0.2, 0.25) is 10.0 Å². The highest BCUT2D eigenvalue weighted by molar-refractivity contribution is 7.89. The third-order valence-corrected chi connectivity index (χ3v) is 4.45. The predicted octanol–water partition coefficient (Wildman–Crippen LogP) is 2.38. The summed E-state index contributed by atoms with van der Waals surface area (Å²) in [7, 11) is -4.07. The summed E-state index contributed by atoms with van der Waals surface area (Å²) < 4.78 is 40.3. The second kappa shape index (κ2) is 6.81. The lowest BCUT2D eigenvalue weighted by atomic mass is 10.1. The van der Waals surface area contributed by atoms with Crippen LogP contribution in [0, 0.1) is 5.82 Å². The Morgan fingerprint density at radius 2 is 2.05 bits per heavy atom. The Kier molecular flexibility index (Phi) is 5.64. The number of halogens is 1. The molecule has 0 aliphatic carbocycles. The Labute approximate surface area is 117 Å². The number of sulfonamides is 1. The molecule has 0 aromatic heterocycles. The number of carbonyl (C=O) groups is 1. The molecule has 2 N–H and O–H groups in total. The minimum absolute atomic E-state index is 0.268. The minimum Gasteiger partial charge on any atom is -0.478 e. The van der Waals surface area contributed by atoms with Gasteiger partial charge in [-0.2, -0.15) is 0 Å². The van der Waals surface area contributed by atoms with Gasteiger partial charge in [-0.1, -0.05) is 20.3 Å². The summed E-state index contributed by atoms with van der Waals surface area (Å²) in [5, 5.41) is 8.84. The summed E-state index contributed by atoms with van der Waals surface area (Å²) in [4.78, 5) is 10.2. The molecule has 112 valence electrons. The van der Waals surface area contributed by atoms with E-state index in [2.05, 4.69) is 4.72 Å². The van der Waals surface area contributed by atoms with Crippen molar-refractivity contribution in [3.05, 3.63) is 29.6 Å². The van der Waals surface area contributed by atoms with Crippen molar-refractivity contribution in [2.24, 2.45) is 0 Å². The quantitative estimate of drug-likeness (QED) is 0.810. The largest absolute Gasteiger partial charge is 0.478 e. The number of rotatable bonds is 7. The molecule has 0 bridgehead atoms. The molecule has 5 nitrogen and oxygen atoms in total. The lowest BCUT2D eigenvalue weighted by Crippen LogP contribution is -2.34. The maximum Gasteiger partial charge on any atom is 0.335 e. The van der Waals surface area contributed by atoms with Gasteiger partial charge < -0.3 is 5.11 Å². The summed E-state index contributed by atoms with van der Waals surface area (Å²) in [6.45, 7) is 3.75. The molecule has 1 atom stereocenters. The molecule has 20 heavy (non-hydrogen) atoms. The molecule has 0 saturated carbocycles. The van der Waals surface area contributed by atoms with Crippen LogP contribution in [0.2, 0.25) is 0 Å². The number of benzene rings is 1. The van der Waals surface area contributed by atoms with Crippen LogP contribution in [0.5, 0.6) is 0 Å². The third kappa shape index (κ3) is 4.01. The highest BCUT2D eigenvalue weighted by Gasteiger charge is 2.23. The number of hydrogen-bond donors (Lipinski definition) is 2. The van der Waals surface area contributed by atoms with Crippen LogP contribution in [-0.2, 0) is 10.0 Å². The molecule has 0 saturated heterocycles. The maximum absolute atomic E-state index is 13.7.